The molecule has 152 valence electrons. The minimum atomic E-state index is -0.137. The first-order chi connectivity index (χ1) is 13.5. The molecule has 2 saturated heterocycles. The number of carbonyl (C=O) groups is 3. The van der Waals surface area contributed by atoms with Gasteiger partial charge in [-0.05, 0) is 24.3 Å². The van der Waals surface area contributed by atoms with Crippen LogP contribution in [-0.2, 0) is 9.53 Å². The van der Waals surface area contributed by atoms with Crippen LogP contribution in [0.1, 0.15) is 27.6 Å². The lowest BCUT2D eigenvalue weighted by Crippen LogP contribution is -2.50. The minimum Gasteiger partial charge on any atom is -0.379 e. The first-order valence-corrected chi connectivity index (χ1v) is 9.78. The van der Waals surface area contributed by atoms with E-state index in [1.807, 2.05) is 0 Å². The number of hydrogen-bond donors (Lipinski definition) is 1. The Morgan fingerprint density at radius 3 is 2.07 bits per heavy atom. The van der Waals surface area contributed by atoms with Gasteiger partial charge < -0.3 is 19.9 Å². The van der Waals surface area contributed by atoms with Crippen molar-refractivity contribution in [1.29, 1.82) is 0 Å². The number of benzene rings is 1. The number of ether oxygens (including phenoxy) is 1. The maximum atomic E-state index is 12.6. The third kappa shape index (κ3) is 5.30. The summed E-state index contributed by atoms with van der Waals surface area (Å²) >= 11 is 0. The normalized spacial score (nSPS) is 18.0. The molecule has 3 rings (SSSR count). The van der Waals surface area contributed by atoms with Crippen LogP contribution >= 0.6 is 0 Å². The van der Waals surface area contributed by atoms with Crippen LogP contribution in [0.5, 0.6) is 0 Å². The maximum Gasteiger partial charge on any atom is 0.253 e. The molecule has 2 aliphatic rings. The number of carbonyl (C=O) groups excluding carboxylic acids is 3. The van der Waals surface area contributed by atoms with E-state index < -0.39 is 0 Å². The lowest BCUT2D eigenvalue weighted by Gasteiger charge is -2.34. The molecule has 0 saturated carbocycles. The largest absolute Gasteiger partial charge is 0.379 e. The van der Waals surface area contributed by atoms with Crippen LogP contribution in [0.2, 0.25) is 0 Å². The second-order valence-electron chi connectivity index (χ2n) is 7.09. The van der Waals surface area contributed by atoms with E-state index in [0.717, 1.165) is 32.8 Å². The molecule has 3 amide bonds. The molecule has 2 aliphatic heterocycles. The highest BCUT2D eigenvalue weighted by molar-refractivity contribution is 5.97. The summed E-state index contributed by atoms with van der Waals surface area (Å²) in [5, 5.41) is 2.92. The number of nitrogens with one attached hydrogen (secondary N) is 1. The van der Waals surface area contributed by atoms with Crippen molar-refractivity contribution < 1.29 is 19.1 Å². The first kappa shape index (κ1) is 20.3. The number of morpholine rings is 1. The molecule has 28 heavy (non-hydrogen) atoms. The third-order valence-electron chi connectivity index (χ3n) is 5.22. The Bertz CT molecular complexity index is 693. The summed E-state index contributed by atoms with van der Waals surface area (Å²) in [4.78, 5) is 42.0. The van der Waals surface area contributed by atoms with Gasteiger partial charge in [-0.3, -0.25) is 19.3 Å². The van der Waals surface area contributed by atoms with Crippen molar-refractivity contribution in [2.45, 2.75) is 6.92 Å². The molecule has 0 unspecified atom stereocenters. The van der Waals surface area contributed by atoms with Crippen molar-refractivity contribution in [2.24, 2.45) is 0 Å². The van der Waals surface area contributed by atoms with Crippen molar-refractivity contribution in [3.05, 3.63) is 35.4 Å². The second kappa shape index (κ2) is 9.66. The highest BCUT2D eigenvalue weighted by atomic mass is 16.5. The zero-order valence-corrected chi connectivity index (χ0v) is 16.4. The molecule has 0 spiro atoms. The second-order valence-corrected chi connectivity index (χ2v) is 7.09. The van der Waals surface area contributed by atoms with E-state index in [2.05, 4.69) is 10.2 Å². The Hall–Kier alpha value is -2.45. The van der Waals surface area contributed by atoms with E-state index in [1.54, 1.807) is 41.0 Å². The Labute approximate surface area is 165 Å². The molecule has 0 aromatic heterocycles. The van der Waals surface area contributed by atoms with Crippen LogP contribution < -0.4 is 5.32 Å². The number of amides is 3. The SMILES string of the molecule is CC(=O)N1CCN(C(=O)c2ccc(C(=O)NCCN3CCOCC3)cc2)CC1. The number of nitrogens with zero attached hydrogens (tertiary/aromatic N) is 3. The fraction of sp³-hybridized carbons (Fsp3) is 0.550. The van der Waals surface area contributed by atoms with Gasteiger partial charge in [-0.1, -0.05) is 0 Å². The number of piperazine rings is 1. The average molecular weight is 388 g/mol. The fourth-order valence-electron chi connectivity index (χ4n) is 3.43. The van der Waals surface area contributed by atoms with E-state index in [-0.39, 0.29) is 17.7 Å². The lowest BCUT2D eigenvalue weighted by molar-refractivity contribution is -0.130. The molecule has 0 radical (unpaired) electrons. The monoisotopic (exact) mass is 388 g/mol. The molecule has 1 aromatic rings. The number of hydrogen-bond acceptors (Lipinski definition) is 5. The van der Waals surface area contributed by atoms with E-state index in [0.29, 0.717) is 43.9 Å². The molecule has 1 N–H and O–H groups in total. The third-order valence-corrected chi connectivity index (χ3v) is 5.22. The molecule has 2 heterocycles. The van der Waals surface area contributed by atoms with Crippen molar-refractivity contribution in [3.8, 4) is 0 Å². The van der Waals surface area contributed by atoms with Crippen molar-refractivity contribution in [2.75, 3.05) is 65.6 Å². The number of rotatable bonds is 5. The topological polar surface area (TPSA) is 82.2 Å². The van der Waals surface area contributed by atoms with Crippen molar-refractivity contribution >= 4 is 17.7 Å². The van der Waals surface area contributed by atoms with Gasteiger partial charge in [0.2, 0.25) is 5.91 Å². The maximum absolute atomic E-state index is 12.6. The van der Waals surface area contributed by atoms with Crippen LogP contribution in [0.25, 0.3) is 0 Å². The summed E-state index contributed by atoms with van der Waals surface area (Å²) in [7, 11) is 0. The summed E-state index contributed by atoms with van der Waals surface area (Å²) in [6, 6.07) is 6.75. The van der Waals surface area contributed by atoms with Crippen molar-refractivity contribution in [1.82, 2.24) is 20.0 Å². The molecule has 0 bridgehead atoms. The van der Waals surface area contributed by atoms with Crippen LogP contribution in [0.4, 0.5) is 0 Å². The lowest BCUT2D eigenvalue weighted by atomic mass is 10.1. The quantitative estimate of drug-likeness (QED) is 0.771. The molecule has 1 aromatic carbocycles. The van der Waals surface area contributed by atoms with Gasteiger partial charge >= 0.3 is 0 Å². The van der Waals surface area contributed by atoms with Gasteiger partial charge in [-0.25, -0.2) is 0 Å². The molecular weight excluding hydrogens is 360 g/mol. The summed E-state index contributed by atoms with van der Waals surface area (Å²) in [5.41, 5.74) is 1.10. The standard InChI is InChI=1S/C20H28N4O4/c1-16(25)23-8-10-24(11-9-23)20(27)18-4-2-17(3-5-18)19(26)21-6-7-22-12-14-28-15-13-22/h2-5H,6-15H2,1H3,(H,21,26). The van der Waals surface area contributed by atoms with Gasteiger partial charge in [0.1, 0.15) is 0 Å². The smallest absolute Gasteiger partial charge is 0.253 e. The predicted molar refractivity (Wildman–Crippen MR) is 104 cm³/mol. The predicted octanol–water partition coefficient (Wildman–Crippen LogP) is 0.0529. The van der Waals surface area contributed by atoms with Crippen LogP contribution in [-0.4, -0.2) is 98.0 Å². The Morgan fingerprint density at radius 1 is 0.893 bits per heavy atom. The Kier molecular flexibility index (Phi) is 7.00. The Morgan fingerprint density at radius 2 is 1.46 bits per heavy atom. The van der Waals surface area contributed by atoms with Crippen LogP contribution in [0.15, 0.2) is 24.3 Å². The molecule has 8 nitrogen and oxygen atoms in total. The Balaban J connectivity index is 1.46. The highest BCUT2D eigenvalue weighted by Crippen LogP contribution is 2.11. The van der Waals surface area contributed by atoms with Crippen LogP contribution in [0.3, 0.4) is 0 Å². The fourth-order valence-corrected chi connectivity index (χ4v) is 3.43. The van der Waals surface area contributed by atoms with E-state index in [4.69, 9.17) is 4.74 Å². The van der Waals surface area contributed by atoms with E-state index in [1.165, 1.54) is 0 Å². The molecule has 8 heteroatoms. The van der Waals surface area contributed by atoms with Gasteiger partial charge in [0.15, 0.2) is 0 Å². The summed E-state index contributed by atoms with van der Waals surface area (Å²) in [5.74, 6) is -0.166. The van der Waals surface area contributed by atoms with Gasteiger partial charge in [-0.2, -0.15) is 0 Å². The molecule has 0 atom stereocenters. The van der Waals surface area contributed by atoms with Crippen LogP contribution in [0, 0.1) is 0 Å². The van der Waals surface area contributed by atoms with Gasteiger partial charge in [0, 0.05) is 70.4 Å². The van der Waals surface area contributed by atoms with E-state index in [9.17, 15) is 14.4 Å². The minimum absolute atomic E-state index is 0.0380. The summed E-state index contributed by atoms with van der Waals surface area (Å²) in [6.45, 7) is 8.39. The summed E-state index contributed by atoms with van der Waals surface area (Å²) in [6.07, 6.45) is 0. The van der Waals surface area contributed by atoms with Gasteiger partial charge in [-0.15, -0.1) is 0 Å². The van der Waals surface area contributed by atoms with E-state index >= 15 is 0 Å². The highest BCUT2D eigenvalue weighted by Gasteiger charge is 2.23. The molecule has 0 aliphatic carbocycles. The van der Waals surface area contributed by atoms with Gasteiger partial charge in [0.05, 0.1) is 13.2 Å². The first-order valence-electron chi connectivity index (χ1n) is 9.78. The summed E-state index contributed by atoms with van der Waals surface area (Å²) < 4.78 is 5.31. The zero-order valence-electron chi connectivity index (χ0n) is 16.4. The molecular formula is C20H28N4O4. The van der Waals surface area contributed by atoms with Crippen molar-refractivity contribution in [3.63, 3.8) is 0 Å². The zero-order chi connectivity index (χ0) is 19.9. The molecule has 2 fully saturated rings. The van der Waals surface area contributed by atoms with Gasteiger partial charge in [0.25, 0.3) is 11.8 Å². The average Bonchev–Trinajstić information content (AvgIpc) is 2.74.